The third-order valence-electron chi connectivity index (χ3n) is 4.80. The van der Waals surface area contributed by atoms with Crippen molar-refractivity contribution >= 4 is 0 Å². The molecule has 1 heterocycles. The van der Waals surface area contributed by atoms with Gasteiger partial charge in [0.15, 0.2) is 5.82 Å². The van der Waals surface area contributed by atoms with E-state index in [0.717, 1.165) is 31.3 Å². The molecule has 2 fully saturated rings. The van der Waals surface area contributed by atoms with Crippen LogP contribution in [0.2, 0.25) is 0 Å². The lowest BCUT2D eigenvalue weighted by Crippen LogP contribution is -2.44. The number of hydrogen-bond donors (Lipinski definition) is 1. The molecule has 2 unspecified atom stereocenters. The Morgan fingerprint density at radius 2 is 2.05 bits per heavy atom. The van der Waals surface area contributed by atoms with Gasteiger partial charge in [0.25, 0.3) is 0 Å². The molecule has 2 N–H and O–H groups in total. The van der Waals surface area contributed by atoms with Gasteiger partial charge >= 0.3 is 0 Å². The molecule has 3 rings (SSSR count). The fourth-order valence-corrected chi connectivity index (χ4v) is 3.42. The molecule has 2 aliphatic carbocycles. The average molecular weight is 278 g/mol. The van der Waals surface area contributed by atoms with Crippen LogP contribution in [0, 0.1) is 5.92 Å². The van der Waals surface area contributed by atoms with Crippen molar-refractivity contribution in [3.8, 4) is 0 Å². The summed E-state index contributed by atoms with van der Waals surface area (Å²) < 4.78 is 5.36. The molecule has 0 saturated heterocycles. The van der Waals surface area contributed by atoms with Crippen molar-refractivity contribution in [3.63, 3.8) is 0 Å². The van der Waals surface area contributed by atoms with Gasteiger partial charge in [-0.1, -0.05) is 24.9 Å². The molecule has 2 atom stereocenters. The first kappa shape index (κ1) is 14.0. The Labute approximate surface area is 120 Å². The molecule has 0 amide bonds. The molecule has 0 spiro atoms. The molecule has 5 heteroatoms. The molecule has 2 saturated carbocycles. The van der Waals surface area contributed by atoms with Crippen LogP contribution in [0.25, 0.3) is 0 Å². The van der Waals surface area contributed by atoms with E-state index >= 15 is 0 Å². The molecule has 2 aliphatic rings. The van der Waals surface area contributed by atoms with Crippen LogP contribution in [0.1, 0.15) is 63.1 Å². The number of hydrogen-bond acceptors (Lipinski definition) is 5. The third-order valence-corrected chi connectivity index (χ3v) is 4.80. The van der Waals surface area contributed by atoms with Crippen LogP contribution < -0.4 is 5.73 Å². The van der Waals surface area contributed by atoms with Gasteiger partial charge in [-0.25, -0.2) is 0 Å². The molecule has 1 aromatic rings. The van der Waals surface area contributed by atoms with Crippen molar-refractivity contribution in [2.24, 2.45) is 11.7 Å². The van der Waals surface area contributed by atoms with E-state index < -0.39 is 0 Å². The van der Waals surface area contributed by atoms with E-state index in [4.69, 9.17) is 10.3 Å². The van der Waals surface area contributed by atoms with Gasteiger partial charge in [-0.15, -0.1) is 0 Å². The van der Waals surface area contributed by atoms with Crippen LogP contribution in [0.5, 0.6) is 0 Å². The van der Waals surface area contributed by atoms with Gasteiger partial charge in [0.2, 0.25) is 5.89 Å². The molecule has 1 aromatic heterocycles. The van der Waals surface area contributed by atoms with Crippen molar-refractivity contribution in [3.05, 3.63) is 11.7 Å². The summed E-state index contributed by atoms with van der Waals surface area (Å²) >= 11 is 0. The lowest BCUT2D eigenvalue weighted by atomic mass is 9.83. The van der Waals surface area contributed by atoms with Gasteiger partial charge in [0.05, 0.1) is 6.54 Å². The Hall–Kier alpha value is -0.940. The number of rotatable bonds is 6. The van der Waals surface area contributed by atoms with E-state index in [0.29, 0.717) is 17.9 Å². The minimum atomic E-state index is 0.540. The van der Waals surface area contributed by atoms with Crippen molar-refractivity contribution in [1.82, 2.24) is 15.0 Å². The summed E-state index contributed by atoms with van der Waals surface area (Å²) in [6, 6.07) is 0.585. The summed E-state index contributed by atoms with van der Waals surface area (Å²) in [5.74, 6) is 2.85. The Balaban J connectivity index is 1.65. The van der Waals surface area contributed by atoms with Crippen LogP contribution in [0.3, 0.4) is 0 Å². The molecule has 0 bridgehead atoms. The van der Waals surface area contributed by atoms with Gasteiger partial charge < -0.3 is 10.3 Å². The minimum absolute atomic E-state index is 0.540. The van der Waals surface area contributed by atoms with Crippen LogP contribution in [0.15, 0.2) is 4.52 Å². The molecular formula is C15H26N4O. The normalized spacial score (nSPS) is 27.1. The first-order chi connectivity index (χ1) is 9.81. The smallest absolute Gasteiger partial charge is 0.229 e. The lowest BCUT2D eigenvalue weighted by Gasteiger charge is -2.38. The highest BCUT2D eigenvalue weighted by Gasteiger charge is 2.32. The van der Waals surface area contributed by atoms with E-state index in [2.05, 4.69) is 22.0 Å². The molecular weight excluding hydrogens is 252 g/mol. The van der Waals surface area contributed by atoms with E-state index in [1.165, 1.54) is 38.5 Å². The number of nitrogens with zero attached hydrogens (tertiary/aromatic N) is 3. The summed E-state index contributed by atoms with van der Waals surface area (Å²) in [6.07, 6.45) is 7.56. The Bertz CT molecular complexity index is 429. The predicted molar refractivity (Wildman–Crippen MR) is 77.2 cm³/mol. The van der Waals surface area contributed by atoms with Crippen LogP contribution >= 0.6 is 0 Å². The quantitative estimate of drug-likeness (QED) is 0.864. The average Bonchev–Trinajstić information content (AvgIpc) is 3.24. The Morgan fingerprint density at radius 3 is 2.75 bits per heavy atom. The highest BCUT2D eigenvalue weighted by molar-refractivity contribution is 5.02. The predicted octanol–water partition coefficient (Wildman–Crippen LogP) is 2.29. The highest BCUT2D eigenvalue weighted by atomic mass is 16.5. The summed E-state index contributed by atoms with van der Waals surface area (Å²) in [5.41, 5.74) is 5.96. The summed E-state index contributed by atoms with van der Waals surface area (Å²) in [7, 11) is 0. The fraction of sp³-hybridized carbons (Fsp3) is 0.867. The second-order valence-corrected chi connectivity index (χ2v) is 6.23. The highest BCUT2D eigenvalue weighted by Crippen LogP contribution is 2.39. The van der Waals surface area contributed by atoms with Crippen molar-refractivity contribution in [2.45, 2.75) is 64.0 Å². The Morgan fingerprint density at radius 1 is 1.25 bits per heavy atom. The molecule has 20 heavy (non-hydrogen) atoms. The van der Waals surface area contributed by atoms with Crippen molar-refractivity contribution < 1.29 is 4.52 Å². The summed E-state index contributed by atoms with van der Waals surface area (Å²) in [5, 5.41) is 4.15. The monoisotopic (exact) mass is 278 g/mol. The van der Waals surface area contributed by atoms with E-state index in [9.17, 15) is 0 Å². The van der Waals surface area contributed by atoms with Gasteiger partial charge in [-0.05, 0) is 44.7 Å². The topological polar surface area (TPSA) is 68.2 Å². The third kappa shape index (κ3) is 3.04. The second kappa shape index (κ2) is 6.22. The first-order valence-electron chi connectivity index (χ1n) is 8.08. The standard InChI is InChI=1S/C15H26N4O/c1-2-19(13-6-4-3-5-12(13)9-16)10-14-17-15(20-18-14)11-7-8-11/h11-13H,2-10,16H2,1H3. The van der Waals surface area contributed by atoms with Gasteiger partial charge in [-0.3, -0.25) is 4.90 Å². The summed E-state index contributed by atoms with van der Waals surface area (Å²) in [4.78, 5) is 7.04. The number of nitrogens with two attached hydrogens (primary N) is 1. The molecule has 0 aliphatic heterocycles. The van der Waals surface area contributed by atoms with Gasteiger partial charge in [0, 0.05) is 12.0 Å². The van der Waals surface area contributed by atoms with Crippen molar-refractivity contribution in [2.75, 3.05) is 13.1 Å². The van der Waals surface area contributed by atoms with Crippen LogP contribution in [-0.4, -0.2) is 34.2 Å². The van der Waals surface area contributed by atoms with Crippen LogP contribution in [0.4, 0.5) is 0 Å². The van der Waals surface area contributed by atoms with Gasteiger partial charge in [0.1, 0.15) is 0 Å². The summed E-state index contributed by atoms with van der Waals surface area (Å²) in [6.45, 7) is 4.83. The Kier molecular flexibility index (Phi) is 4.36. The largest absolute Gasteiger partial charge is 0.339 e. The molecule has 0 radical (unpaired) electrons. The zero-order chi connectivity index (χ0) is 13.9. The van der Waals surface area contributed by atoms with E-state index in [-0.39, 0.29) is 0 Å². The number of aromatic nitrogens is 2. The second-order valence-electron chi connectivity index (χ2n) is 6.23. The van der Waals surface area contributed by atoms with Crippen LogP contribution in [-0.2, 0) is 6.54 Å². The maximum absolute atomic E-state index is 5.96. The maximum atomic E-state index is 5.96. The van der Waals surface area contributed by atoms with Crippen molar-refractivity contribution in [1.29, 1.82) is 0 Å². The zero-order valence-corrected chi connectivity index (χ0v) is 12.4. The van der Waals surface area contributed by atoms with E-state index in [1.807, 2.05) is 0 Å². The first-order valence-corrected chi connectivity index (χ1v) is 8.08. The zero-order valence-electron chi connectivity index (χ0n) is 12.4. The maximum Gasteiger partial charge on any atom is 0.229 e. The van der Waals surface area contributed by atoms with E-state index in [1.54, 1.807) is 0 Å². The SMILES string of the molecule is CCN(Cc1noc(C2CC2)n1)C1CCCCC1CN. The minimum Gasteiger partial charge on any atom is -0.339 e. The molecule has 5 nitrogen and oxygen atoms in total. The lowest BCUT2D eigenvalue weighted by molar-refractivity contribution is 0.102. The molecule has 112 valence electrons. The van der Waals surface area contributed by atoms with Gasteiger partial charge in [-0.2, -0.15) is 4.98 Å². The fourth-order valence-electron chi connectivity index (χ4n) is 3.42. The molecule has 0 aromatic carbocycles.